The van der Waals surface area contributed by atoms with E-state index in [1.165, 1.54) is 0 Å². The number of benzene rings is 1. The molecule has 0 aromatic heterocycles. The van der Waals surface area contributed by atoms with Gasteiger partial charge in [0.25, 0.3) is 0 Å². The predicted molar refractivity (Wildman–Crippen MR) is 78.7 cm³/mol. The second-order valence-corrected chi connectivity index (χ2v) is 5.17. The molecule has 1 aromatic carbocycles. The predicted octanol–water partition coefficient (Wildman–Crippen LogP) is 0.432. The molecule has 6 nitrogen and oxygen atoms in total. The van der Waals surface area contributed by atoms with Crippen molar-refractivity contribution in [1.29, 1.82) is 0 Å². The van der Waals surface area contributed by atoms with Crippen molar-refractivity contribution in [3.63, 3.8) is 0 Å². The summed E-state index contributed by atoms with van der Waals surface area (Å²) in [6.07, 6.45) is 0.753. The van der Waals surface area contributed by atoms with Gasteiger partial charge in [0.15, 0.2) is 0 Å². The zero-order valence-electron chi connectivity index (χ0n) is 12.3. The summed E-state index contributed by atoms with van der Waals surface area (Å²) >= 11 is 0. The number of nitrogens with two attached hydrogens (primary N) is 1. The minimum Gasteiger partial charge on any atom is -0.497 e. The van der Waals surface area contributed by atoms with Crippen molar-refractivity contribution in [2.45, 2.75) is 25.4 Å². The van der Waals surface area contributed by atoms with Crippen LogP contribution in [0.3, 0.4) is 0 Å². The molecule has 1 heterocycles. The van der Waals surface area contributed by atoms with Gasteiger partial charge in [0, 0.05) is 6.04 Å². The van der Waals surface area contributed by atoms with E-state index in [1.54, 1.807) is 7.11 Å². The van der Waals surface area contributed by atoms with Gasteiger partial charge in [0.05, 0.1) is 26.2 Å². The minimum atomic E-state index is -0.284. The number of amides is 2. The summed E-state index contributed by atoms with van der Waals surface area (Å²) < 4.78 is 5.15. The van der Waals surface area contributed by atoms with Crippen molar-refractivity contribution in [2.75, 3.05) is 20.2 Å². The van der Waals surface area contributed by atoms with E-state index >= 15 is 0 Å². The van der Waals surface area contributed by atoms with Crippen LogP contribution in [0, 0.1) is 0 Å². The highest BCUT2D eigenvalue weighted by Gasteiger charge is 2.32. The van der Waals surface area contributed by atoms with Crippen LogP contribution in [0.25, 0.3) is 0 Å². The van der Waals surface area contributed by atoms with E-state index in [0.717, 1.165) is 17.7 Å². The van der Waals surface area contributed by atoms with E-state index in [0.29, 0.717) is 0 Å². The molecular weight excluding hydrogens is 270 g/mol. The Hall–Kier alpha value is -1.92. The first kappa shape index (κ1) is 15.5. The third-order valence-corrected chi connectivity index (χ3v) is 3.70. The topological polar surface area (TPSA) is 84.7 Å². The summed E-state index contributed by atoms with van der Waals surface area (Å²) in [6, 6.07) is 7.24. The second-order valence-electron chi connectivity index (χ2n) is 5.17. The van der Waals surface area contributed by atoms with Crippen LogP contribution in [0.4, 0.5) is 0 Å². The number of carbonyl (C=O) groups excluding carboxylic acids is 2. The first-order valence-corrected chi connectivity index (χ1v) is 7.01. The molecule has 1 aliphatic rings. The van der Waals surface area contributed by atoms with Gasteiger partial charge in [0.2, 0.25) is 11.8 Å². The van der Waals surface area contributed by atoms with E-state index in [4.69, 9.17) is 10.5 Å². The lowest BCUT2D eigenvalue weighted by atomic mass is 9.95. The number of methoxy groups -OCH3 is 1. The van der Waals surface area contributed by atoms with Crippen LogP contribution >= 0.6 is 0 Å². The quantitative estimate of drug-likeness (QED) is 0.769. The Kier molecular flexibility index (Phi) is 4.93. The highest BCUT2D eigenvalue weighted by molar-refractivity contribution is 5.99. The smallest absolute Gasteiger partial charge is 0.240 e. The third kappa shape index (κ3) is 3.59. The second kappa shape index (κ2) is 6.69. The molecule has 2 rings (SSSR count). The lowest BCUT2D eigenvalue weighted by molar-refractivity contribution is -0.137. The molecular formula is C15H21N3O3. The number of nitrogens with zero attached hydrogens (tertiary/aromatic N) is 1. The molecule has 0 radical (unpaired) electrons. The molecule has 0 saturated carbocycles. The van der Waals surface area contributed by atoms with Crippen molar-refractivity contribution in [3.8, 4) is 5.75 Å². The average molecular weight is 291 g/mol. The Balaban J connectivity index is 2.28. The van der Waals surface area contributed by atoms with Crippen LogP contribution < -0.4 is 15.8 Å². The fraction of sp³-hybridized carbons (Fsp3) is 0.467. The van der Waals surface area contributed by atoms with Crippen molar-refractivity contribution >= 4 is 11.8 Å². The van der Waals surface area contributed by atoms with Crippen LogP contribution in [-0.2, 0) is 9.59 Å². The lowest BCUT2D eigenvalue weighted by Crippen LogP contribution is -2.55. The molecule has 2 unspecified atom stereocenters. The summed E-state index contributed by atoms with van der Waals surface area (Å²) in [4.78, 5) is 25.0. The van der Waals surface area contributed by atoms with Crippen LogP contribution in [0.5, 0.6) is 5.75 Å². The molecule has 1 fully saturated rings. The first-order chi connectivity index (χ1) is 10.0. The highest BCUT2D eigenvalue weighted by Crippen LogP contribution is 2.27. The number of rotatable bonds is 5. The molecule has 0 spiro atoms. The van der Waals surface area contributed by atoms with Crippen LogP contribution in [0.2, 0.25) is 0 Å². The normalized spacial score (nSPS) is 19.0. The molecule has 0 aliphatic carbocycles. The van der Waals surface area contributed by atoms with Crippen molar-refractivity contribution in [1.82, 2.24) is 10.2 Å². The van der Waals surface area contributed by atoms with Crippen LogP contribution in [0.15, 0.2) is 24.3 Å². The van der Waals surface area contributed by atoms with Gasteiger partial charge in [-0.2, -0.15) is 0 Å². The number of nitrogens with one attached hydrogen (secondary N) is 1. The molecule has 1 saturated heterocycles. The van der Waals surface area contributed by atoms with Gasteiger partial charge in [-0.25, -0.2) is 0 Å². The van der Waals surface area contributed by atoms with Crippen LogP contribution in [0.1, 0.15) is 24.9 Å². The van der Waals surface area contributed by atoms with Gasteiger partial charge in [-0.05, 0) is 24.1 Å². The summed E-state index contributed by atoms with van der Waals surface area (Å²) in [6.45, 7) is 2.35. The summed E-state index contributed by atoms with van der Waals surface area (Å²) in [5.74, 6) is 0.191. The fourth-order valence-corrected chi connectivity index (χ4v) is 2.61. The van der Waals surface area contributed by atoms with E-state index < -0.39 is 0 Å². The molecule has 1 aromatic rings. The van der Waals surface area contributed by atoms with Gasteiger partial charge in [-0.3, -0.25) is 19.8 Å². The van der Waals surface area contributed by atoms with Crippen molar-refractivity contribution in [3.05, 3.63) is 29.8 Å². The van der Waals surface area contributed by atoms with Crippen LogP contribution in [-0.4, -0.2) is 43.0 Å². The third-order valence-electron chi connectivity index (χ3n) is 3.70. The number of ether oxygens (including phenoxy) is 1. The monoisotopic (exact) mass is 291 g/mol. The number of carbonyl (C=O) groups is 2. The SMILES string of the molecule is CCC(N)C(c1ccc(OC)cc1)N1CC(=O)NC(=O)C1. The number of imide groups is 1. The fourth-order valence-electron chi connectivity index (χ4n) is 2.61. The lowest BCUT2D eigenvalue weighted by Gasteiger charge is -2.36. The highest BCUT2D eigenvalue weighted by atomic mass is 16.5. The minimum absolute atomic E-state index is 0.155. The average Bonchev–Trinajstić information content (AvgIpc) is 2.47. The Morgan fingerprint density at radius 2 is 1.81 bits per heavy atom. The maximum absolute atomic E-state index is 11.6. The van der Waals surface area contributed by atoms with Gasteiger partial charge in [-0.1, -0.05) is 19.1 Å². The first-order valence-electron chi connectivity index (χ1n) is 7.01. The van der Waals surface area contributed by atoms with Gasteiger partial charge in [0.1, 0.15) is 5.75 Å². The molecule has 3 N–H and O–H groups in total. The number of hydrogen-bond donors (Lipinski definition) is 2. The maximum atomic E-state index is 11.6. The summed E-state index contributed by atoms with van der Waals surface area (Å²) in [5, 5.41) is 2.31. The Morgan fingerprint density at radius 1 is 1.24 bits per heavy atom. The maximum Gasteiger partial charge on any atom is 0.240 e. The molecule has 2 amide bonds. The van der Waals surface area contributed by atoms with E-state index in [9.17, 15) is 9.59 Å². The molecule has 21 heavy (non-hydrogen) atoms. The summed E-state index contributed by atoms with van der Waals surface area (Å²) in [7, 11) is 1.61. The Morgan fingerprint density at radius 3 is 2.29 bits per heavy atom. The molecule has 0 bridgehead atoms. The molecule has 2 atom stereocenters. The van der Waals surface area contributed by atoms with Gasteiger partial charge >= 0.3 is 0 Å². The zero-order chi connectivity index (χ0) is 15.4. The largest absolute Gasteiger partial charge is 0.497 e. The van der Waals surface area contributed by atoms with E-state index in [-0.39, 0.29) is 37.0 Å². The molecule has 6 heteroatoms. The van der Waals surface area contributed by atoms with Crippen molar-refractivity contribution < 1.29 is 14.3 Å². The standard InChI is InChI=1S/C15H21N3O3/c1-3-12(16)15(10-4-6-11(21-2)7-5-10)18-8-13(19)17-14(20)9-18/h4-7,12,15H,3,8-9,16H2,1-2H3,(H,17,19,20). The molecule has 114 valence electrons. The Bertz CT molecular complexity index is 499. The molecule has 1 aliphatic heterocycles. The van der Waals surface area contributed by atoms with E-state index in [1.807, 2.05) is 36.1 Å². The van der Waals surface area contributed by atoms with E-state index in [2.05, 4.69) is 5.32 Å². The van der Waals surface area contributed by atoms with Gasteiger partial charge in [-0.15, -0.1) is 0 Å². The van der Waals surface area contributed by atoms with Crippen molar-refractivity contribution in [2.24, 2.45) is 5.73 Å². The summed E-state index contributed by atoms with van der Waals surface area (Å²) in [5.41, 5.74) is 7.20. The van der Waals surface area contributed by atoms with Gasteiger partial charge < -0.3 is 10.5 Å². The number of piperazine rings is 1. The zero-order valence-corrected chi connectivity index (χ0v) is 12.3. The Labute approximate surface area is 124 Å². The number of hydrogen-bond acceptors (Lipinski definition) is 5.